The second kappa shape index (κ2) is 13.6. The molecule has 2 saturated heterocycles. The van der Waals surface area contributed by atoms with E-state index in [1.54, 1.807) is 32.9 Å². The number of carbonyl (C=O) groups is 4. The minimum atomic E-state index is -4.31. The predicted molar refractivity (Wildman–Crippen MR) is 163 cm³/mol. The standard InChI is InChI=1S/C30H45N5O8S/c1-29(2,3)43-28(39)31-23-12-9-7-5-6-8-11-20-19-30(20,32-25(36)24-13-10-18-35(24)26(23)37)27(38)34-44(40,41)33-21-14-16-22(42-4)17-15-21/h14-17,20,23-24,33H,5-13,18-19H2,1-4H3,(H,31,39)(H,32,36)(H,34,38)/t20?,23-,24-,30+/m0/s1. The molecular weight excluding hydrogens is 590 g/mol. The maximum Gasteiger partial charge on any atom is 0.408 e. The molecule has 13 nitrogen and oxygen atoms in total. The summed E-state index contributed by atoms with van der Waals surface area (Å²) in [5.41, 5.74) is -1.91. The normalized spacial score (nSPS) is 26.5. The van der Waals surface area contributed by atoms with Crippen LogP contribution in [0.15, 0.2) is 24.3 Å². The van der Waals surface area contributed by atoms with E-state index in [4.69, 9.17) is 9.47 Å². The van der Waals surface area contributed by atoms with E-state index < -0.39 is 51.3 Å². The number of anilines is 1. The number of benzene rings is 1. The average molecular weight is 636 g/mol. The summed E-state index contributed by atoms with van der Waals surface area (Å²) in [6.07, 6.45) is 5.78. The SMILES string of the molecule is COc1ccc(NS(=O)(=O)NC(=O)[C@@]23CC2CCCCCCC[C@H](NC(=O)OC(C)(C)C)C(=O)N2CCC[C@H]2C(=O)N3)cc1. The first-order valence-corrected chi connectivity index (χ1v) is 16.8. The van der Waals surface area contributed by atoms with Crippen molar-refractivity contribution in [1.29, 1.82) is 0 Å². The molecule has 1 aromatic rings. The predicted octanol–water partition coefficient (Wildman–Crippen LogP) is 2.97. The molecule has 1 aliphatic carbocycles. The van der Waals surface area contributed by atoms with Gasteiger partial charge in [0.2, 0.25) is 11.8 Å². The van der Waals surface area contributed by atoms with Gasteiger partial charge in [0, 0.05) is 6.54 Å². The first-order chi connectivity index (χ1) is 20.7. The summed E-state index contributed by atoms with van der Waals surface area (Å²) in [4.78, 5) is 55.0. The Balaban J connectivity index is 1.50. The van der Waals surface area contributed by atoms with E-state index in [1.807, 2.05) is 0 Å². The van der Waals surface area contributed by atoms with Crippen LogP contribution in [0.1, 0.15) is 85.0 Å². The zero-order valence-electron chi connectivity index (χ0n) is 25.9. The van der Waals surface area contributed by atoms with Crippen LogP contribution < -0.4 is 24.8 Å². The monoisotopic (exact) mass is 635 g/mol. The van der Waals surface area contributed by atoms with E-state index >= 15 is 0 Å². The van der Waals surface area contributed by atoms with Crippen LogP contribution in [-0.2, 0) is 29.3 Å². The molecule has 0 aromatic heterocycles. The molecule has 4 N–H and O–H groups in total. The molecule has 1 unspecified atom stereocenters. The lowest BCUT2D eigenvalue weighted by molar-refractivity contribution is -0.141. The minimum absolute atomic E-state index is 0.233. The Kier molecular flexibility index (Phi) is 10.3. The fourth-order valence-electron chi connectivity index (χ4n) is 6.00. The smallest absolute Gasteiger partial charge is 0.408 e. The molecule has 0 radical (unpaired) electrons. The first kappa shape index (κ1) is 33.3. The highest BCUT2D eigenvalue weighted by molar-refractivity contribution is 7.91. The summed E-state index contributed by atoms with van der Waals surface area (Å²) in [5, 5.41) is 5.56. The Labute approximate surface area is 259 Å². The largest absolute Gasteiger partial charge is 0.497 e. The van der Waals surface area contributed by atoms with E-state index in [1.165, 1.54) is 24.1 Å². The van der Waals surface area contributed by atoms with Crippen LogP contribution in [0.4, 0.5) is 10.5 Å². The Bertz CT molecular complexity index is 1330. The zero-order chi connectivity index (χ0) is 32.1. The van der Waals surface area contributed by atoms with Crippen molar-refractivity contribution in [2.24, 2.45) is 5.92 Å². The van der Waals surface area contributed by atoms with Gasteiger partial charge in [-0.05, 0) is 83.1 Å². The van der Waals surface area contributed by atoms with Crippen molar-refractivity contribution >= 4 is 39.7 Å². The number of hydrogen-bond acceptors (Lipinski definition) is 8. The summed E-state index contributed by atoms with van der Waals surface area (Å²) in [7, 11) is -2.82. The van der Waals surface area contributed by atoms with Gasteiger partial charge in [0.25, 0.3) is 5.91 Å². The molecule has 1 aromatic carbocycles. The van der Waals surface area contributed by atoms with E-state index in [2.05, 4.69) is 20.1 Å². The molecule has 0 spiro atoms. The number of ether oxygens (including phenoxy) is 2. The Morgan fingerprint density at radius 2 is 1.64 bits per heavy atom. The summed E-state index contributed by atoms with van der Waals surface area (Å²) in [6, 6.07) is 4.46. The lowest BCUT2D eigenvalue weighted by atomic mass is 10.0. The van der Waals surface area contributed by atoms with Crippen LogP contribution in [0.3, 0.4) is 0 Å². The van der Waals surface area contributed by atoms with Crippen molar-refractivity contribution in [2.75, 3.05) is 18.4 Å². The van der Waals surface area contributed by atoms with Crippen LogP contribution in [0.25, 0.3) is 0 Å². The molecule has 3 aliphatic rings. The molecule has 4 rings (SSSR count). The molecular formula is C30H45N5O8S. The first-order valence-electron chi connectivity index (χ1n) is 15.3. The lowest BCUT2D eigenvalue weighted by Gasteiger charge is -2.30. The number of nitrogens with one attached hydrogen (secondary N) is 4. The Hall–Kier alpha value is -3.55. The zero-order valence-corrected chi connectivity index (χ0v) is 26.8. The van der Waals surface area contributed by atoms with Gasteiger partial charge in [0.15, 0.2) is 0 Å². The number of nitrogens with zero attached hydrogens (tertiary/aromatic N) is 1. The van der Waals surface area contributed by atoms with Gasteiger partial charge in [0.05, 0.1) is 12.8 Å². The molecule has 2 aliphatic heterocycles. The van der Waals surface area contributed by atoms with Crippen LogP contribution in [0.5, 0.6) is 5.75 Å². The minimum Gasteiger partial charge on any atom is -0.497 e. The third kappa shape index (κ3) is 8.54. The van der Waals surface area contributed by atoms with Gasteiger partial charge in [-0.2, -0.15) is 8.42 Å². The third-order valence-corrected chi connectivity index (χ3v) is 9.26. The summed E-state index contributed by atoms with van der Waals surface area (Å²) >= 11 is 0. The van der Waals surface area contributed by atoms with Crippen LogP contribution >= 0.6 is 0 Å². The number of fused-ring (bicyclic) bond motifs is 2. The van der Waals surface area contributed by atoms with Crippen LogP contribution in [0.2, 0.25) is 0 Å². The van der Waals surface area contributed by atoms with E-state index in [-0.39, 0.29) is 17.5 Å². The average Bonchev–Trinajstić information content (AvgIpc) is 3.40. The molecule has 0 bridgehead atoms. The van der Waals surface area contributed by atoms with Crippen LogP contribution in [0, 0.1) is 5.92 Å². The fourth-order valence-corrected chi connectivity index (χ4v) is 6.93. The summed E-state index contributed by atoms with van der Waals surface area (Å²) < 4.78 is 40.7. The van der Waals surface area contributed by atoms with E-state index in [9.17, 15) is 27.6 Å². The second-order valence-electron chi connectivity index (χ2n) is 12.9. The molecule has 1 saturated carbocycles. The number of rotatable bonds is 6. The van der Waals surface area contributed by atoms with Gasteiger partial charge in [-0.3, -0.25) is 19.1 Å². The molecule has 44 heavy (non-hydrogen) atoms. The van der Waals surface area contributed by atoms with Gasteiger partial charge in [-0.15, -0.1) is 0 Å². The molecule has 4 amide bonds. The van der Waals surface area contributed by atoms with Crippen molar-refractivity contribution < 1.29 is 37.1 Å². The van der Waals surface area contributed by atoms with Crippen molar-refractivity contribution in [3.63, 3.8) is 0 Å². The summed E-state index contributed by atoms with van der Waals surface area (Å²) in [6.45, 7) is 5.54. The molecule has 3 fully saturated rings. The molecule has 2 heterocycles. The van der Waals surface area contributed by atoms with E-state index in [0.717, 1.165) is 25.7 Å². The highest BCUT2D eigenvalue weighted by Gasteiger charge is 2.62. The molecule has 4 atom stereocenters. The van der Waals surface area contributed by atoms with E-state index in [0.29, 0.717) is 50.8 Å². The van der Waals surface area contributed by atoms with Gasteiger partial charge in [0.1, 0.15) is 29.0 Å². The topological polar surface area (TPSA) is 172 Å². The number of hydrogen-bond donors (Lipinski definition) is 4. The number of amides is 4. The van der Waals surface area contributed by atoms with Gasteiger partial charge in [-0.1, -0.05) is 32.1 Å². The maximum atomic E-state index is 13.7. The quantitative estimate of drug-likeness (QED) is 0.369. The van der Waals surface area contributed by atoms with Crippen LogP contribution in [-0.4, -0.2) is 74.0 Å². The number of carbonyl (C=O) groups excluding carboxylic acids is 4. The van der Waals surface area contributed by atoms with Crippen molar-refractivity contribution in [1.82, 2.24) is 20.3 Å². The second-order valence-corrected chi connectivity index (χ2v) is 14.3. The summed E-state index contributed by atoms with van der Waals surface area (Å²) in [5.74, 6) is -1.40. The van der Waals surface area contributed by atoms with Crippen molar-refractivity contribution in [3.8, 4) is 5.75 Å². The molecule has 244 valence electrons. The highest BCUT2D eigenvalue weighted by atomic mass is 32.2. The van der Waals surface area contributed by atoms with Gasteiger partial charge in [-0.25, -0.2) is 9.52 Å². The number of methoxy groups -OCH3 is 1. The van der Waals surface area contributed by atoms with Gasteiger partial charge < -0.3 is 25.0 Å². The Morgan fingerprint density at radius 1 is 0.977 bits per heavy atom. The van der Waals surface area contributed by atoms with Crippen molar-refractivity contribution in [3.05, 3.63) is 24.3 Å². The molecule has 14 heteroatoms. The highest BCUT2D eigenvalue weighted by Crippen LogP contribution is 2.47. The van der Waals surface area contributed by atoms with Crippen molar-refractivity contribution in [2.45, 2.75) is 108 Å². The fraction of sp³-hybridized carbons (Fsp3) is 0.667. The number of alkyl carbamates (subject to hydrolysis) is 1. The third-order valence-electron chi connectivity index (χ3n) is 8.30. The lowest BCUT2D eigenvalue weighted by Crippen LogP contribution is -2.58. The Morgan fingerprint density at radius 3 is 2.30 bits per heavy atom. The van der Waals surface area contributed by atoms with Gasteiger partial charge >= 0.3 is 16.3 Å². The maximum absolute atomic E-state index is 13.7.